The Morgan fingerprint density at radius 1 is 1.00 bits per heavy atom. The van der Waals surface area contributed by atoms with Gasteiger partial charge >= 0.3 is 0 Å². The van der Waals surface area contributed by atoms with Gasteiger partial charge in [0, 0.05) is 29.0 Å². The Hall–Kier alpha value is -4.59. The minimum absolute atomic E-state index is 0.191. The van der Waals surface area contributed by atoms with Crippen molar-refractivity contribution in [3.05, 3.63) is 90.5 Å². The highest BCUT2D eigenvalue weighted by molar-refractivity contribution is 6.05. The first-order valence-electron chi connectivity index (χ1n) is 10.4. The van der Waals surface area contributed by atoms with Crippen LogP contribution in [0.5, 0.6) is 5.75 Å². The number of hydrogen-bond acceptors (Lipinski definition) is 6. The van der Waals surface area contributed by atoms with Crippen LogP contribution in [0, 0.1) is 0 Å². The van der Waals surface area contributed by atoms with Crippen LogP contribution in [0.1, 0.15) is 27.3 Å². The van der Waals surface area contributed by atoms with Gasteiger partial charge in [0.05, 0.1) is 12.1 Å². The third kappa shape index (κ3) is 4.27. The SMILES string of the molecule is O=C1N=Cc2ccccc2Nc2ncnc3ccc(cc23)OCC/C=C\C(=O)n2cccc21. The molecule has 162 valence electrons. The second-order valence-electron chi connectivity index (χ2n) is 7.32. The van der Waals surface area contributed by atoms with Gasteiger partial charge in [-0.2, -0.15) is 0 Å². The number of para-hydroxylation sites is 1. The maximum Gasteiger partial charge on any atom is 0.294 e. The molecule has 1 amide bonds. The van der Waals surface area contributed by atoms with Crippen LogP contribution < -0.4 is 10.1 Å². The van der Waals surface area contributed by atoms with E-state index in [1.165, 1.54) is 23.2 Å². The van der Waals surface area contributed by atoms with E-state index in [4.69, 9.17) is 4.74 Å². The van der Waals surface area contributed by atoms with Gasteiger partial charge in [-0.15, -0.1) is 0 Å². The Morgan fingerprint density at radius 3 is 2.85 bits per heavy atom. The summed E-state index contributed by atoms with van der Waals surface area (Å²) in [6, 6.07) is 16.2. The van der Waals surface area contributed by atoms with Crippen LogP contribution in [0.4, 0.5) is 11.5 Å². The molecule has 0 spiro atoms. The minimum Gasteiger partial charge on any atom is -0.493 e. The van der Waals surface area contributed by atoms with E-state index in [1.54, 1.807) is 24.4 Å². The predicted molar refractivity (Wildman–Crippen MR) is 125 cm³/mol. The number of nitrogens with zero attached hydrogens (tertiary/aromatic N) is 4. The van der Waals surface area contributed by atoms with Crippen LogP contribution in [-0.4, -0.2) is 39.2 Å². The first-order valence-corrected chi connectivity index (χ1v) is 10.4. The summed E-state index contributed by atoms with van der Waals surface area (Å²) in [6.45, 7) is 0.385. The van der Waals surface area contributed by atoms with E-state index >= 15 is 0 Å². The number of carbonyl (C=O) groups is 2. The third-order valence-electron chi connectivity index (χ3n) is 5.16. The lowest BCUT2D eigenvalue weighted by atomic mass is 10.1. The fourth-order valence-corrected chi connectivity index (χ4v) is 3.53. The Kier molecular flexibility index (Phi) is 5.47. The van der Waals surface area contributed by atoms with Gasteiger partial charge < -0.3 is 10.1 Å². The predicted octanol–water partition coefficient (Wildman–Crippen LogP) is 4.41. The van der Waals surface area contributed by atoms with E-state index in [-0.39, 0.29) is 11.6 Å². The molecule has 33 heavy (non-hydrogen) atoms. The van der Waals surface area contributed by atoms with Crippen LogP contribution in [0.25, 0.3) is 10.9 Å². The van der Waals surface area contributed by atoms with Crippen molar-refractivity contribution in [1.29, 1.82) is 0 Å². The molecule has 2 aromatic heterocycles. The number of aliphatic imine (C=N–C) groups is 1. The van der Waals surface area contributed by atoms with Crippen molar-refractivity contribution in [3.63, 3.8) is 0 Å². The van der Waals surface area contributed by atoms with Gasteiger partial charge in [-0.3, -0.25) is 14.2 Å². The van der Waals surface area contributed by atoms with Crippen LogP contribution in [0.2, 0.25) is 0 Å². The molecule has 2 bridgehead atoms. The van der Waals surface area contributed by atoms with Gasteiger partial charge in [0.2, 0.25) is 0 Å². The van der Waals surface area contributed by atoms with Gasteiger partial charge in [0.25, 0.3) is 11.8 Å². The first kappa shape index (κ1) is 20.3. The molecule has 0 radical (unpaired) electrons. The molecule has 8 heteroatoms. The van der Waals surface area contributed by atoms with Gasteiger partial charge in [-0.1, -0.05) is 24.3 Å². The summed E-state index contributed by atoms with van der Waals surface area (Å²) < 4.78 is 7.14. The maximum absolute atomic E-state index is 12.7. The van der Waals surface area contributed by atoms with Crippen molar-refractivity contribution in [1.82, 2.24) is 14.5 Å². The molecule has 0 unspecified atom stereocenters. The number of ether oxygens (including phenoxy) is 1. The zero-order chi connectivity index (χ0) is 22.6. The lowest BCUT2D eigenvalue weighted by molar-refractivity contribution is 0.0930. The second-order valence-corrected chi connectivity index (χ2v) is 7.32. The molecule has 0 atom stereocenters. The van der Waals surface area contributed by atoms with E-state index in [0.29, 0.717) is 30.2 Å². The smallest absolute Gasteiger partial charge is 0.294 e. The average Bonchev–Trinajstić information content (AvgIpc) is 3.33. The Bertz CT molecular complexity index is 1420. The molecule has 3 heterocycles. The fraction of sp³-hybridized carbons (Fsp3) is 0.0800. The number of nitrogens with one attached hydrogen (secondary N) is 1. The zero-order valence-electron chi connectivity index (χ0n) is 17.5. The summed E-state index contributed by atoms with van der Waals surface area (Å²) in [5.74, 6) is 0.444. The Morgan fingerprint density at radius 2 is 1.91 bits per heavy atom. The first-order chi connectivity index (χ1) is 16.2. The summed E-state index contributed by atoms with van der Waals surface area (Å²) in [5.41, 5.74) is 2.37. The van der Waals surface area contributed by atoms with E-state index in [1.807, 2.05) is 42.5 Å². The minimum atomic E-state index is -0.516. The molecule has 8 nitrogen and oxygen atoms in total. The number of hydrogen-bond donors (Lipinski definition) is 1. The van der Waals surface area contributed by atoms with Crippen molar-refractivity contribution >= 4 is 40.4 Å². The molecule has 1 N–H and O–H groups in total. The highest BCUT2D eigenvalue weighted by atomic mass is 16.5. The van der Waals surface area contributed by atoms with Crippen molar-refractivity contribution in [3.8, 4) is 5.75 Å². The molecule has 2 aromatic carbocycles. The molecule has 1 aliphatic heterocycles. The van der Waals surface area contributed by atoms with Crippen molar-refractivity contribution in [2.24, 2.45) is 4.99 Å². The normalized spacial score (nSPS) is 15.2. The Labute approximate surface area is 189 Å². The summed E-state index contributed by atoms with van der Waals surface area (Å²) in [5, 5.41) is 4.11. The van der Waals surface area contributed by atoms with Crippen LogP contribution in [0.3, 0.4) is 0 Å². The highest BCUT2D eigenvalue weighted by Crippen LogP contribution is 2.28. The number of anilines is 2. The van der Waals surface area contributed by atoms with E-state index in [9.17, 15) is 9.59 Å². The van der Waals surface area contributed by atoms with Crippen molar-refractivity contribution in [2.75, 3.05) is 11.9 Å². The molecular weight excluding hydrogens is 418 g/mol. The highest BCUT2D eigenvalue weighted by Gasteiger charge is 2.14. The maximum atomic E-state index is 12.7. The van der Waals surface area contributed by atoms with Crippen LogP contribution in [-0.2, 0) is 0 Å². The number of fused-ring (bicyclic) bond motifs is 3. The fourth-order valence-electron chi connectivity index (χ4n) is 3.53. The lowest BCUT2D eigenvalue weighted by Crippen LogP contribution is -2.13. The van der Waals surface area contributed by atoms with Gasteiger partial charge in [0.15, 0.2) is 0 Å². The number of allylic oxidation sites excluding steroid dienone is 1. The largest absolute Gasteiger partial charge is 0.493 e. The monoisotopic (exact) mass is 437 g/mol. The van der Waals surface area contributed by atoms with Crippen molar-refractivity contribution in [2.45, 2.75) is 6.42 Å². The topological polar surface area (TPSA) is 98.5 Å². The summed E-state index contributed by atoms with van der Waals surface area (Å²) in [4.78, 5) is 38.1. The molecule has 0 fully saturated rings. The molecule has 1 aliphatic rings. The number of amides is 1. The number of rotatable bonds is 0. The van der Waals surface area contributed by atoms with Crippen molar-refractivity contribution < 1.29 is 14.3 Å². The van der Waals surface area contributed by atoms with E-state index < -0.39 is 5.91 Å². The van der Waals surface area contributed by atoms with E-state index in [0.717, 1.165) is 16.6 Å². The average molecular weight is 437 g/mol. The molecule has 5 rings (SSSR count). The zero-order valence-corrected chi connectivity index (χ0v) is 17.5. The number of carbonyl (C=O) groups excluding carboxylic acids is 2. The van der Waals surface area contributed by atoms with Gasteiger partial charge in [-0.05, 0) is 48.9 Å². The Balaban J connectivity index is 1.59. The molecule has 4 aromatic rings. The molecular formula is C25H19N5O3. The summed E-state index contributed by atoms with van der Waals surface area (Å²) >= 11 is 0. The van der Waals surface area contributed by atoms with Crippen LogP contribution >= 0.6 is 0 Å². The summed E-state index contributed by atoms with van der Waals surface area (Å²) in [7, 11) is 0. The van der Waals surface area contributed by atoms with Gasteiger partial charge in [-0.25, -0.2) is 15.0 Å². The second kappa shape index (κ2) is 8.88. The van der Waals surface area contributed by atoms with Gasteiger partial charge in [0.1, 0.15) is 23.6 Å². The van der Waals surface area contributed by atoms with Crippen LogP contribution in [0.15, 0.2) is 84.3 Å². The molecule has 0 saturated carbocycles. The lowest BCUT2D eigenvalue weighted by Gasteiger charge is -2.12. The third-order valence-corrected chi connectivity index (χ3v) is 5.16. The van der Waals surface area contributed by atoms with E-state index in [2.05, 4.69) is 20.3 Å². The molecule has 0 aliphatic carbocycles. The quantitative estimate of drug-likeness (QED) is 0.437. The standard InChI is InChI=1S/C25H19N5O3/c31-23-9-3-4-13-33-18-10-11-21-19(14-18)24(28-16-27-21)29-20-7-2-1-6-17(20)15-26-25(32)22-8-5-12-30(22)23/h1-3,5-12,14-16H,4,13H2,(H,27,28,29)/b9-3-,26-15?. The summed E-state index contributed by atoms with van der Waals surface area (Å²) in [6.07, 6.45) is 8.19. The number of aromatic nitrogens is 3. The molecule has 0 saturated heterocycles. The number of benzene rings is 2.